The number of anilines is 1. The summed E-state index contributed by atoms with van der Waals surface area (Å²) in [6.45, 7) is 4.37. The summed E-state index contributed by atoms with van der Waals surface area (Å²) < 4.78 is 13.8. The van der Waals surface area contributed by atoms with Crippen LogP contribution in [0.1, 0.15) is 12.5 Å². The van der Waals surface area contributed by atoms with Crippen molar-refractivity contribution >= 4 is 17.6 Å². The highest BCUT2D eigenvalue weighted by atomic mass is 19.1. The molecule has 0 N–H and O–H groups in total. The van der Waals surface area contributed by atoms with Crippen LogP contribution in [0.3, 0.4) is 0 Å². The number of carbonyl (C=O) groups is 2. The number of pyridine rings is 1. The molecule has 2 heterocycles. The number of hydrogen-bond acceptors (Lipinski definition) is 4. The second-order valence-corrected chi connectivity index (χ2v) is 6.84. The van der Waals surface area contributed by atoms with Crippen LogP contribution in [-0.2, 0) is 16.0 Å². The Morgan fingerprint density at radius 3 is 2.43 bits per heavy atom. The van der Waals surface area contributed by atoms with E-state index in [1.807, 2.05) is 18.2 Å². The first kappa shape index (κ1) is 19.8. The van der Waals surface area contributed by atoms with Crippen molar-refractivity contribution in [3.05, 3.63) is 60.0 Å². The van der Waals surface area contributed by atoms with Crippen molar-refractivity contribution in [2.45, 2.75) is 13.3 Å². The largest absolute Gasteiger partial charge is 0.353 e. The van der Waals surface area contributed by atoms with Gasteiger partial charge in [0.05, 0.1) is 6.54 Å². The Hall–Kier alpha value is -2.96. The third-order valence-corrected chi connectivity index (χ3v) is 4.99. The van der Waals surface area contributed by atoms with Gasteiger partial charge in [0, 0.05) is 45.8 Å². The molecule has 6 nitrogen and oxygen atoms in total. The lowest BCUT2D eigenvalue weighted by Gasteiger charge is -2.36. The summed E-state index contributed by atoms with van der Waals surface area (Å²) >= 11 is 0. The molecule has 7 heteroatoms. The minimum atomic E-state index is -0.289. The molecular formula is C21H25FN4O2. The standard InChI is InChI=1S/C21H25FN4O2/c1-17(27)26(11-9-18-6-2-3-7-19(18)22)16-21(28)25-14-12-24(13-15-25)20-8-4-5-10-23-20/h2-8,10H,9,11-16H2,1H3. The number of nitrogens with zero attached hydrogens (tertiary/aromatic N) is 4. The molecule has 148 valence electrons. The number of benzene rings is 1. The quantitative estimate of drug-likeness (QED) is 0.764. The fourth-order valence-corrected chi connectivity index (χ4v) is 3.29. The van der Waals surface area contributed by atoms with Crippen LogP contribution < -0.4 is 4.90 Å². The normalized spacial score (nSPS) is 14.1. The van der Waals surface area contributed by atoms with Crippen molar-refractivity contribution < 1.29 is 14.0 Å². The van der Waals surface area contributed by atoms with Gasteiger partial charge < -0.3 is 14.7 Å². The molecule has 1 aliphatic heterocycles. The van der Waals surface area contributed by atoms with Crippen LogP contribution in [0, 0.1) is 5.82 Å². The van der Waals surface area contributed by atoms with Crippen LogP contribution >= 0.6 is 0 Å². The first-order valence-electron chi connectivity index (χ1n) is 9.47. The predicted molar refractivity (Wildman–Crippen MR) is 105 cm³/mol. The van der Waals surface area contributed by atoms with Gasteiger partial charge in [-0.15, -0.1) is 0 Å². The summed E-state index contributed by atoms with van der Waals surface area (Å²) in [4.78, 5) is 34.4. The van der Waals surface area contributed by atoms with Gasteiger partial charge in [-0.05, 0) is 30.2 Å². The summed E-state index contributed by atoms with van der Waals surface area (Å²) in [7, 11) is 0. The van der Waals surface area contributed by atoms with Crippen molar-refractivity contribution in [2.24, 2.45) is 0 Å². The lowest BCUT2D eigenvalue weighted by Crippen LogP contribution is -2.52. The van der Waals surface area contributed by atoms with E-state index in [-0.39, 0.29) is 24.2 Å². The van der Waals surface area contributed by atoms with E-state index in [0.29, 0.717) is 44.7 Å². The molecule has 28 heavy (non-hydrogen) atoms. The molecule has 2 aromatic rings. The van der Waals surface area contributed by atoms with Crippen LogP contribution in [0.5, 0.6) is 0 Å². The second kappa shape index (κ2) is 9.30. The van der Waals surface area contributed by atoms with E-state index in [2.05, 4.69) is 9.88 Å². The van der Waals surface area contributed by atoms with Gasteiger partial charge in [-0.3, -0.25) is 9.59 Å². The predicted octanol–water partition coefficient (Wildman–Crippen LogP) is 1.96. The highest BCUT2D eigenvalue weighted by Gasteiger charge is 2.24. The molecule has 1 saturated heterocycles. The first-order valence-corrected chi connectivity index (χ1v) is 9.47. The average molecular weight is 384 g/mol. The Balaban J connectivity index is 1.52. The van der Waals surface area contributed by atoms with E-state index in [1.54, 1.807) is 29.3 Å². The van der Waals surface area contributed by atoms with Gasteiger partial charge >= 0.3 is 0 Å². The van der Waals surface area contributed by atoms with Gasteiger partial charge in [0.2, 0.25) is 11.8 Å². The SMILES string of the molecule is CC(=O)N(CCc1ccccc1F)CC(=O)N1CCN(c2ccccn2)CC1. The zero-order valence-electron chi connectivity index (χ0n) is 16.1. The molecule has 0 atom stereocenters. The molecule has 0 unspecified atom stereocenters. The van der Waals surface area contributed by atoms with Crippen LogP contribution in [0.2, 0.25) is 0 Å². The summed E-state index contributed by atoms with van der Waals surface area (Å²) in [6, 6.07) is 12.3. The summed E-state index contributed by atoms with van der Waals surface area (Å²) in [5.74, 6) is 0.356. The molecule has 0 radical (unpaired) electrons. The lowest BCUT2D eigenvalue weighted by atomic mass is 10.1. The Morgan fingerprint density at radius 1 is 1.07 bits per heavy atom. The number of aromatic nitrogens is 1. The summed E-state index contributed by atoms with van der Waals surface area (Å²) in [6.07, 6.45) is 2.14. The van der Waals surface area contributed by atoms with Crippen molar-refractivity contribution in [2.75, 3.05) is 44.2 Å². The Kier molecular flexibility index (Phi) is 6.57. The maximum Gasteiger partial charge on any atom is 0.242 e. The molecule has 0 aliphatic carbocycles. The van der Waals surface area contributed by atoms with Crippen molar-refractivity contribution in [1.82, 2.24) is 14.8 Å². The number of piperazine rings is 1. The van der Waals surface area contributed by atoms with E-state index in [9.17, 15) is 14.0 Å². The van der Waals surface area contributed by atoms with Crippen molar-refractivity contribution in [1.29, 1.82) is 0 Å². The number of hydrogen-bond donors (Lipinski definition) is 0. The fraction of sp³-hybridized carbons (Fsp3) is 0.381. The molecule has 1 aromatic heterocycles. The number of rotatable bonds is 6. The van der Waals surface area contributed by atoms with Gasteiger partial charge in [-0.1, -0.05) is 24.3 Å². The van der Waals surface area contributed by atoms with E-state index in [4.69, 9.17) is 0 Å². The number of carbonyl (C=O) groups excluding carboxylic acids is 2. The van der Waals surface area contributed by atoms with Crippen LogP contribution in [-0.4, -0.2) is 65.9 Å². The maximum atomic E-state index is 13.8. The Morgan fingerprint density at radius 2 is 1.79 bits per heavy atom. The molecule has 0 saturated carbocycles. The zero-order valence-corrected chi connectivity index (χ0v) is 16.1. The third-order valence-electron chi connectivity index (χ3n) is 4.99. The molecule has 2 amide bonds. The number of amides is 2. The van der Waals surface area contributed by atoms with Crippen molar-refractivity contribution in [3.63, 3.8) is 0 Å². The van der Waals surface area contributed by atoms with Crippen LogP contribution in [0.4, 0.5) is 10.2 Å². The average Bonchev–Trinajstić information content (AvgIpc) is 2.72. The van der Waals surface area contributed by atoms with Gasteiger partial charge in [0.1, 0.15) is 11.6 Å². The highest BCUT2D eigenvalue weighted by molar-refractivity contribution is 5.84. The van der Waals surface area contributed by atoms with Gasteiger partial charge in [0.25, 0.3) is 0 Å². The summed E-state index contributed by atoms with van der Waals surface area (Å²) in [5, 5.41) is 0. The molecule has 3 rings (SSSR count). The maximum absolute atomic E-state index is 13.8. The third kappa shape index (κ3) is 5.06. The van der Waals surface area contributed by atoms with Gasteiger partial charge in [0.15, 0.2) is 0 Å². The molecule has 1 aliphatic rings. The molecule has 0 spiro atoms. The highest BCUT2D eigenvalue weighted by Crippen LogP contribution is 2.13. The molecular weight excluding hydrogens is 359 g/mol. The molecule has 0 bridgehead atoms. The zero-order chi connectivity index (χ0) is 19.9. The number of halogens is 1. The van der Waals surface area contributed by atoms with Crippen molar-refractivity contribution in [3.8, 4) is 0 Å². The Labute approximate surface area is 164 Å². The van der Waals surface area contributed by atoms with E-state index in [0.717, 1.165) is 5.82 Å². The smallest absolute Gasteiger partial charge is 0.242 e. The monoisotopic (exact) mass is 384 g/mol. The lowest BCUT2D eigenvalue weighted by molar-refractivity contribution is -0.139. The van der Waals surface area contributed by atoms with Crippen LogP contribution in [0.15, 0.2) is 48.7 Å². The van der Waals surface area contributed by atoms with E-state index < -0.39 is 0 Å². The molecule has 1 aromatic carbocycles. The Bertz CT molecular complexity index is 807. The second-order valence-electron chi connectivity index (χ2n) is 6.84. The molecule has 1 fully saturated rings. The topological polar surface area (TPSA) is 56.8 Å². The minimum Gasteiger partial charge on any atom is -0.353 e. The van der Waals surface area contributed by atoms with Gasteiger partial charge in [-0.25, -0.2) is 9.37 Å². The fourth-order valence-electron chi connectivity index (χ4n) is 3.29. The van der Waals surface area contributed by atoms with E-state index >= 15 is 0 Å². The van der Waals surface area contributed by atoms with Gasteiger partial charge in [-0.2, -0.15) is 0 Å². The summed E-state index contributed by atoms with van der Waals surface area (Å²) in [5.41, 5.74) is 0.546. The van der Waals surface area contributed by atoms with E-state index in [1.165, 1.54) is 17.9 Å². The first-order chi connectivity index (χ1) is 13.5. The minimum absolute atomic E-state index is 0.0212. The van der Waals surface area contributed by atoms with Crippen LogP contribution in [0.25, 0.3) is 0 Å².